The molecule has 6 heteroatoms. The van der Waals surface area contributed by atoms with Crippen LogP contribution in [0.1, 0.15) is 45.8 Å². The molecule has 2 saturated carbocycles. The third-order valence-electron chi connectivity index (χ3n) is 6.94. The van der Waals surface area contributed by atoms with Crippen molar-refractivity contribution in [1.82, 2.24) is 9.97 Å². The molecule has 6 rings (SSSR count). The first-order valence-electron chi connectivity index (χ1n) is 10.4. The molecule has 152 valence electrons. The molecule has 5 unspecified atom stereocenters. The van der Waals surface area contributed by atoms with Crippen LogP contribution in [0.5, 0.6) is 0 Å². The summed E-state index contributed by atoms with van der Waals surface area (Å²) in [6.45, 7) is 4.05. The number of aryl methyl sites for hydroxylation is 2. The Balaban J connectivity index is 1.31. The van der Waals surface area contributed by atoms with Crippen LogP contribution >= 0.6 is 22.7 Å². The fraction of sp³-hybridized carbons (Fsp3) is 0.375. The van der Waals surface area contributed by atoms with E-state index in [0.717, 1.165) is 44.9 Å². The quantitative estimate of drug-likeness (QED) is 0.430. The summed E-state index contributed by atoms with van der Waals surface area (Å²) in [4.78, 5) is 21.5. The first-order valence-corrected chi connectivity index (χ1v) is 12.0. The average molecular weight is 435 g/mol. The molecule has 2 aromatic heterocycles. The Morgan fingerprint density at radius 3 is 2.27 bits per heavy atom. The Morgan fingerprint density at radius 1 is 1.03 bits per heavy atom. The number of aromatic nitrogens is 2. The van der Waals surface area contributed by atoms with Gasteiger partial charge in [-0.1, -0.05) is 24.3 Å². The fourth-order valence-corrected chi connectivity index (χ4v) is 7.25. The highest BCUT2D eigenvalue weighted by Crippen LogP contribution is 2.67. The normalized spacial score (nSPS) is 28.7. The third-order valence-corrected chi connectivity index (χ3v) is 9.01. The van der Waals surface area contributed by atoms with Gasteiger partial charge in [0.15, 0.2) is 0 Å². The molecule has 4 aromatic rings. The first kappa shape index (κ1) is 18.6. The number of carbonyl (C=O) groups is 1. The lowest BCUT2D eigenvalue weighted by Crippen LogP contribution is -2.28. The number of aldehydes is 1. The number of hydrogen-bond acceptors (Lipinski definition) is 6. The van der Waals surface area contributed by atoms with Gasteiger partial charge in [0.25, 0.3) is 0 Å². The molecule has 2 aromatic carbocycles. The Bertz CT molecular complexity index is 1310. The van der Waals surface area contributed by atoms with Crippen LogP contribution in [0.25, 0.3) is 20.4 Å². The summed E-state index contributed by atoms with van der Waals surface area (Å²) in [5, 5.41) is 13.4. The second-order valence-electron chi connectivity index (χ2n) is 8.79. The van der Waals surface area contributed by atoms with Crippen LogP contribution in [0.4, 0.5) is 0 Å². The minimum Gasteiger partial charge on any atom is -0.392 e. The summed E-state index contributed by atoms with van der Waals surface area (Å²) >= 11 is 3.40. The lowest BCUT2D eigenvalue weighted by Gasteiger charge is -2.19. The van der Waals surface area contributed by atoms with Crippen LogP contribution in [-0.2, 0) is 4.79 Å². The molecule has 1 N–H and O–H groups in total. The molecule has 2 aliphatic carbocycles. The topological polar surface area (TPSA) is 63.1 Å². The van der Waals surface area contributed by atoms with Crippen molar-refractivity contribution in [3.05, 3.63) is 57.5 Å². The van der Waals surface area contributed by atoms with E-state index in [4.69, 9.17) is 0 Å². The lowest BCUT2D eigenvalue weighted by molar-refractivity contribution is -0.116. The third kappa shape index (κ3) is 2.63. The molecule has 0 aliphatic heterocycles. The van der Waals surface area contributed by atoms with Crippen LogP contribution in [0, 0.1) is 25.2 Å². The SMILES string of the molecule is Cc1nc2cccc(C3CC3C(O)C3(C=O)CC3c3cccc4nc(C)sc34)c2s1. The summed E-state index contributed by atoms with van der Waals surface area (Å²) in [5.74, 6) is 0.523. The number of aliphatic hydroxyl groups excluding tert-OH is 1. The second-order valence-corrected chi connectivity index (χ2v) is 11.2. The van der Waals surface area contributed by atoms with E-state index in [0.29, 0.717) is 5.92 Å². The number of hydrogen-bond donors (Lipinski definition) is 1. The van der Waals surface area contributed by atoms with Gasteiger partial charge in [-0.15, -0.1) is 22.7 Å². The monoisotopic (exact) mass is 434 g/mol. The molecular weight excluding hydrogens is 412 g/mol. The van der Waals surface area contributed by atoms with Crippen LogP contribution in [-0.4, -0.2) is 27.5 Å². The number of fused-ring (bicyclic) bond motifs is 2. The molecule has 2 aliphatic rings. The zero-order valence-corrected chi connectivity index (χ0v) is 18.5. The number of aliphatic hydroxyl groups is 1. The Morgan fingerprint density at radius 2 is 1.63 bits per heavy atom. The average Bonchev–Trinajstić information content (AvgIpc) is 3.60. The van der Waals surface area contributed by atoms with Crippen molar-refractivity contribution >= 4 is 49.4 Å². The number of rotatable bonds is 5. The van der Waals surface area contributed by atoms with Gasteiger partial charge in [-0.25, -0.2) is 9.97 Å². The summed E-state index contributed by atoms with van der Waals surface area (Å²) in [5.41, 5.74) is 3.81. The van der Waals surface area contributed by atoms with Gasteiger partial charge in [0, 0.05) is 5.92 Å². The molecular formula is C24H22N2O2S2. The van der Waals surface area contributed by atoms with E-state index >= 15 is 0 Å². The molecule has 2 fully saturated rings. The Hall–Kier alpha value is -2.15. The van der Waals surface area contributed by atoms with E-state index in [2.05, 4.69) is 34.2 Å². The number of thiazole rings is 2. The molecule has 0 spiro atoms. The number of carbonyl (C=O) groups excluding carboxylic acids is 1. The zero-order chi connectivity index (χ0) is 20.6. The van der Waals surface area contributed by atoms with E-state index in [-0.39, 0.29) is 11.8 Å². The Labute approximate surface area is 182 Å². The minimum atomic E-state index is -0.664. The maximum absolute atomic E-state index is 12.3. The highest BCUT2D eigenvalue weighted by molar-refractivity contribution is 7.19. The molecule has 0 amide bonds. The molecule has 5 atom stereocenters. The molecule has 0 radical (unpaired) electrons. The highest BCUT2D eigenvalue weighted by atomic mass is 32.1. The van der Waals surface area contributed by atoms with Crippen LogP contribution < -0.4 is 0 Å². The van der Waals surface area contributed by atoms with E-state index in [1.54, 1.807) is 22.7 Å². The van der Waals surface area contributed by atoms with E-state index in [1.165, 1.54) is 15.8 Å². The summed E-state index contributed by atoms with van der Waals surface area (Å²) in [6.07, 6.45) is 2.07. The molecule has 30 heavy (non-hydrogen) atoms. The predicted octanol–water partition coefficient (Wildman–Crippen LogP) is 5.36. The lowest BCUT2D eigenvalue weighted by atomic mass is 9.90. The number of benzene rings is 2. The largest absolute Gasteiger partial charge is 0.392 e. The Kier molecular flexibility index (Phi) is 3.98. The van der Waals surface area contributed by atoms with E-state index in [1.807, 2.05) is 26.0 Å². The van der Waals surface area contributed by atoms with Crippen molar-refractivity contribution in [2.45, 2.75) is 44.6 Å². The van der Waals surface area contributed by atoms with Gasteiger partial charge in [-0.05, 0) is 61.8 Å². The zero-order valence-electron chi connectivity index (χ0n) is 16.8. The fourth-order valence-electron chi connectivity index (χ4n) is 5.27. The van der Waals surface area contributed by atoms with Crippen molar-refractivity contribution < 1.29 is 9.90 Å². The summed E-state index contributed by atoms with van der Waals surface area (Å²) in [7, 11) is 0. The minimum absolute atomic E-state index is 0.0799. The highest BCUT2D eigenvalue weighted by Gasteiger charge is 2.65. The maximum atomic E-state index is 12.3. The van der Waals surface area contributed by atoms with Crippen molar-refractivity contribution in [2.75, 3.05) is 0 Å². The standard InChI is InChI=1S/C24H22N2O2S2/c1-12-25-19-7-3-5-14(21(19)29-12)16-9-17(16)23(28)24(11-27)10-18(24)15-6-4-8-20-22(15)30-13(2)26-20/h3-8,11,16-18,23,28H,9-10H2,1-2H3. The second kappa shape index (κ2) is 6.42. The number of nitrogens with zero attached hydrogens (tertiary/aromatic N) is 2. The van der Waals surface area contributed by atoms with E-state index in [9.17, 15) is 9.90 Å². The molecule has 0 saturated heterocycles. The predicted molar refractivity (Wildman–Crippen MR) is 121 cm³/mol. The van der Waals surface area contributed by atoms with Gasteiger partial charge in [-0.2, -0.15) is 0 Å². The van der Waals surface area contributed by atoms with Crippen LogP contribution in [0.2, 0.25) is 0 Å². The van der Waals surface area contributed by atoms with Crippen molar-refractivity contribution in [3.8, 4) is 0 Å². The van der Waals surface area contributed by atoms with Crippen molar-refractivity contribution in [1.29, 1.82) is 0 Å². The van der Waals surface area contributed by atoms with Crippen LogP contribution in [0.15, 0.2) is 36.4 Å². The van der Waals surface area contributed by atoms with Crippen LogP contribution in [0.3, 0.4) is 0 Å². The van der Waals surface area contributed by atoms with Gasteiger partial charge in [0.05, 0.1) is 42.0 Å². The molecule has 0 bridgehead atoms. The van der Waals surface area contributed by atoms with Crippen molar-refractivity contribution in [2.24, 2.45) is 11.3 Å². The molecule has 4 nitrogen and oxygen atoms in total. The maximum Gasteiger partial charge on any atom is 0.129 e. The van der Waals surface area contributed by atoms with Gasteiger partial charge in [0.1, 0.15) is 6.29 Å². The summed E-state index contributed by atoms with van der Waals surface area (Å²) in [6, 6.07) is 12.4. The smallest absolute Gasteiger partial charge is 0.129 e. The van der Waals surface area contributed by atoms with Gasteiger partial charge in [0.2, 0.25) is 0 Å². The first-order chi connectivity index (χ1) is 14.5. The van der Waals surface area contributed by atoms with Gasteiger partial charge < -0.3 is 9.90 Å². The van der Waals surface area contributed by atoms with E-state index < -0.39 is 11.5 Å². The van der Waals surface area contributed by atoms with Crippen molar-refractivity contribution in [3.63, 3.8) is 0 Å². The van der Waals surface area contributed by atoms with Gasteiger partial charge in [-0.3, -0.25) is 0 Å². The molecule has 2 heterocycles. The summed E-state index contributed by atoms with van der Waals surface area (Å²) < 4.78 is 2.39. The van der Waals surface area contributed by atoms with Gasteiger partial charge >= 0.3 is 0 Å².